The minimum atomic E-state index is -0.245. The monoisotopic (exact) mass is 498 g/mol. The Labute approximate surface area is 189 Å². The normalized spacial score (nSPS) is 11.7. The molecule has 1 N–H and O–H groups in total. The summed E-state index contributed by atoms with van der Waals surface area (Å²) < 4.78 is 9.29. The first kappa shape index (κ1) is 20.4. The van der Waals surface area contributed by atoms with Crippen LogP contribution in [0.2, 0.25) is 0 Å². The van der Waals surface area contributed by atoms with Crippen LogP contribution in [-0.4, -0.2) is 49.2 Å². The number of unbranched alkanes of at least 4 members (excludes halogenated alkanes) is 2. The molecule has 0 amide bonds. The molecule has 0 bridgehead atoms. The van der Waals surface area contributed by atoms with Crippen molar-refractivity contribution in [1.82, 2.24) is 49.2 Å². The molecular weight excluding hydrogens is 480 g/mol. The summed E-state index contributed by atoms with van der Waals surface area (Å²) in [6, 6.07) is 0. The third kappa shape index (κ3) is 3.68. The predicted molar refractivity (Wildman–Crippen MR) is 117 cm³/mol. The number of nitrogens with zero attached hydrogens (tertiary/aromatic N) is 9. The van der Waals surface area contributed by atoms with E-state index in [9.17, 15) is 4.79 Å². The summed E-state index contributed by atoms with van der Waals surface area (Å²) >= 11 is 3.34. The van der Waals surface area contributed by atoms with Crippen molar-refractivity contribution in [1.29, 1.82) is 0 Å². The summed E-state index contributed by atoms with van der Waals surface area (Å²) in [7, 11) is 0. The Morgan fingerprint density at radius 1 is 1.16 bits per heavy atom. The van der Waals surface area contributed by atoms with Crippen molar-refractivity contribution < 1.29 is 4.52 Å². The molecule has 0 spiro atoms. The Morgan fingerprint density at radius 2 is 2.06 bits per heavy atom. The molecule has 5 heterocycles. The van der Waals surface area contributed by atoms with Crippen molar-refractivity contribution in [3.05, 3.63) is 45.4 Å². The van der Waals surface area contributed by atoms with Gasteiger partial charge in [0.25, 0.3) is 5.56 Å². The topological polar surface area (TPSA) is 146 Å². The lowest BCUT2D eigenvalue weighted by Crippen LogP contribution is -2.21. The molecule has 12 nitrogen and oxygen atoms in total. The molecule has 0 fully saturated rings. The summed E-state index contributed by atoms with van der Waals surface area (Å²) in [4.78, 5) is 33.1. The molecule has 13 heteroatoms. The standard InChI is InChI=1S/C19H19BrN10O2/c1-2-3-4-9-29-16-14(24-18(20)25-16)17(31)30-12(26-27-19(29)30)5-6-13-23-15(28-32-13)11-10-21-7-8-22-11/h7-8,10H,2-6,9H2,1H3,(H,24,25). The number of nitrogens with one attached hydrogen (secondary N) is 1. The second-order valence-electron chi connectivity index (χ2n) is 7.24. The highest BCUT2D eigenvalue weighted by Crippen LogP contribution is 2.17. The summed E-state index contributed by atoms with van der Waals surface area (Å²) in [6.45, 7) is 2.83. The minimum Gasteiger partial charge on any atom is -0.339 e. The lowest BCUT2D eigenvalue weighted by molar-refractivity contribution is 0.377. The average molecular weight is 499 g/mol. The molecule has 164 valence electrons. The third-order valence-corrected chi connectivity index (χ3v) is 5.47. The maximum Gasteiger partial charge on any atom is 0.286 e. The van der Waals surface area contributed by atoms with Crippen molar-refractivity contribution in [3.8, 4) is 11.5 Å². The van der Waals surface area contributed by atoms with Crippen LogP contribution in [0.15, 0.2) is 32.6 Å². The summed E-state index contributed by atoms with van der Waals surface area (Å²) in [5.41, 5.74) is 1.25. The zero-order valence-corrected chi connectivity index (χ0v) is 18.8. The molecule has 32 heavy (non-hydrogen) atoms. The number of imidazole rings is 1. The molecule has 0 unspecified atom stereocenters. The highest BCUT2D eigenvalue weighted by Gasteiger charge is 2.20. The smallest absolute Gasteiger partial charge is 0.286 e. The van der Waals surface area contributed by atoms with Gasteiger partial charge in [0.2, 0.25) is 17.5 Å². The van der Waals surface area contributed by atoms with E-state index < -0.39 is 0 Å². The van der Waals surface area contributed by atoms with E-state index in [0.717, 1.165) is 19.3 Å². The van der Waals surface area contributed by atoms with Crippen molar-refractivity contribution in [2.45, 2.75) is 45.6 Å². The van der Waals surface area contributed by atoms with Gasteiger partial charge in [0.15, 0.2) is 15.9 Å². The molecular formula is C19H19BrN10O2. The minimum absolute atomic E-state index is 0.245. The third-order valence-electron chi connectivity index (χ3n) is 5.09. The Hall–Kier alpha value is -3.48. The molecule has 0 aromatic carbocycles. The molecule has 0 saturated heterocycles. The fraction of sp³-hybridized carbons (Fsp3) is 0.368. The quantitative estimate of drug-likeness (QED) is 0.251. The van der Waals surface area contributed by atoms with E-state index in [1.165, 1.54) is 4.40 Å². The second-order valence-corrected chi connectivity index (χ2v) is 8.00. The van der Waals surface area contributed by atoms with Gasteiger partial charge in [-0.3, -0.25) is 14.3 Å². The van der Waals surface area contributed by atoms with E-state index >= 15 is 0 Å². The Bertz CT molecular complexity index is 1440. The van der Waals surface area contributed by atoms with Crippen molar-refractivity contribution in [2.75, 3.05) is 0 Å². The van der Waals surface area contributed by atoms with E-state index in [1.807, 2.05) is 4.57 Å². The van der Waals surface area contributed by atoms with Gasteiger partial charge in [0.1, 0.15) is 11.5 Å². The van der Waals surface area contributed by atoms with E-state index in [1.54, 1.807) is 18.6 Å². The highest BCUT2D eigenvalue weighted by atomic mass is 79.9. The Kier molecular flexibility index (Phi) is 5.47. The van der Waals surface area contributed by atoms with Crippen LogP contribution in [0.5, 0.6) is 0 Å². The number of aromatic nitrogens is 10. The maximum absolute atomic E-state index is 13.2. The number of halogens is 1. The number of hydrogen-bond donors (Lipinski definition) is 1. The van der Waals surface area contributed by atoms with Crippen LogP contribution in [0, 0.1) is 0 Å². The van der Waals surface area contributed by atoms with Gasteiger partial charge in [0.05, 0.1) is 6.20 Å². The lowest BCUT2D eigenvalue weighted by Gasteiger charge is -2.09. The Morgan fingerprint density at radius 3 is 2.88 bits per heavy atom. The molecule has 0 radical (unpaired) electrons. The number of H-pyrrole nitrogens is 1. The maximum atomic E-state index is 13.2. The van der Waals surface area contributed by atoms with Crippen LogP contribution in [0.3, 0.4) is 0 Å². The fourth-order valence-corrected chi connectivity index (χ4v) is 3.92. The summed E-state index contributed by atoms with van der Waals surface area (Å²) in [5.74, 6) is 1.76. The summed E-state index contributed by atoms with van der Waals surface area (Å²) in [6.07, 6.45) is 8.60. The van der Waals surface area contributed by atoms with Crippen molar-refractivity contribution in [2.24, 2.45) is 0 Å². The van der Waals surface area contributed by atoms with Gasteiger partial charge in [-0.15, -0.1) is 10.2 Å². The van der Waals surface area contributed by atoms with Crippen LogP contribution in [0.25, 0.3) is 28.5 Å². The zero-order chi connectivity index (χ0) is 22.1. The van der Waals surface area contributed by atoms with Gasteiger partial charge in [-0.25, -0.2) is 14.4 Å². The van der Waals surface area contributed by atoms with Gasteiger partial charge in [-0.1, -0.05) is 24.9 Å². The number of hydrogen-bond acceptors (Lipinski definition) is 9. The van der Waals surface area contributed by atoms with Crippen LogP contribution in [0.4, 0.5) is 0 Å². The largest absolute Gasteiger partial charge is 0.339 e. The Balaban J connectivity index is 1.47. The number of fused-ring (bicyclic) bond motifs is 2. The molecule has 5 aromatic heterocycles. The molecule has 0 aliphatic heterocycles. The molecule has 0 aliphatic rings. The molecule has 0 aliphatic carbocycles. The second kappa shape index (κ2) is 8.57. The first-order chi connectivity index (χ1) is 15.7. The van der Waals surface area contributed by atoms with E-state index in [4.69, 9.17) is 4.52 Å². The van der Waals surface area contributed by atoms with Gasteiger partial charge in [0, 0.05) is 31.8 Å². The zero-order valence-electron chi connectivity index (χ0n) is 17.2. The van der Waals surface area contributed by atoms with Gasteiger partial charge in [-0.2, -0.15) is 4.98 Å². The van der Waals surface area contributed by atoms with E-state index in [-0.39, 0.29) is 5.56 Å². The van der Waals surface area contributed by atoms with Crippen LogP contribution >= 0.6 is 15.9 Å². The van der Waals surface area contributed by atoms with Crippen molar-refractivity contribution >= 4 is 32.9 Å². The number of aromatic amines is 1. The molecule has 5 aromatic rings. The van der Waals surface area contributed by atoms with Crippen LogP contribution < -0.4 is 5.56 Å². The van der Waals surface area contributed by atoms with Gasteiger partial charge >= 0.3 is 0 Å². The van der Waals surface area contributed by atoms with Gasteiger partial charge in [-0.05, 0) is 22.4 Å². The molecule has 0 atom stereocenters. The number of aryl methyl sites for hydroxylation is 3. The predicted octanol–water partition coefficient (Wildman–Crippen LogP) is 2.35. The SMILES string of the molecule is CCCCCn1c2nc(Br)[nH]c2c(=O)n2c(CCc3nc(-c4cnccn4)no3)nnc12. The van der Waals surface area contributed by atoms with E-state index in [2.05, 4.69) is 63.1 Å². The average Bonchev–Trinajstić information content (AvgIpc) is 3.53. The van der Waals surface area contributed by atoms with Crippen LogP contribution in [-0.2, 0) is 19.4 Å². The fourth-order valence-electron chi connectivity index (χ4n) is 3.56. The van der Waals surface area contributed by atoms with Crippen LogP contribution in [0.1, 0.15) is 37.9 Å². The van der Waals surface area contributed by atoms with Crippen molar-refractivity contribution in [3.63, 3.8) is 0 Å². The highest BCUT2D eigenvalue weighted by molar-refractivity contribution is 9.10. The number of rotatable bonds is 8. The molecule has 5 rings (SSSR count). The van der Waals surface area contributed by atoms with E-state index in [0.29, 0.717) is 64.3 Å². The first-order valence-corrected chi connectivity index (χ1v) is 11.1. The first-order valence-electron chi connectivity index (χ1n) is 10.3. The molecule has 0 saturated carbocycles. The van der Waals surface area contributed by atoms with Gasteiger partial charge < -0.3 is 9.51 Å². The lowest BCUT2D eigenvalue weighted by atomic mass is 10.2. The summed E-state index contributed by atoms with van der Waals surface area (Å²) in [5, 5.41) is 12.5.